The first-order chi connectivity index (χ1) is 9.56. The lowest BCUT2D eigenvalue weighted by molar-refractivity contribution is -0.139. The molecule has 3 fully saturated rings. The van der Waals surface area contributed by atoms with Crippen molar-refractivity contribution in [2.75, 3.05) is 32.7 Å². The highest BCUT2D eigenvalue weighted by Crippen LogP contribution is 2.48. The second-order valence-corrected chi connectivity index (χ2v) is 6.45. The first-order valence-electron chi connectivity index (χ1n) is 7.61. The van der Waals surface area contributed by atoms with Gasteiger partial charge in [0.25, 0.3) is 6.43 Å². The van der Waals surface area contributed by atoms with E-state index in [9.17, 15) is 13.6 Å². The molecule has 1 saturated heterocycles. The van der Waals surface area contributed by atoms with Crippen LogP contribution in [0.5, 0.6) is 0 Å². The summed E-state index contributed by atoms with van der Waals surface area (Å²) in [4.78, 5) is 16.2. The highest BCUT2D eigenvalue weighted by atomic mass is 35.5. The molecule has 2 bridgehead atoms. The topological polar surface area (TPSA) is 49.6 Å². The van der Waals surface area contributed by atoms with Gasteiger partial charge in [0, 0.05) is 32.2 Å². The van der Waals surface area contributed by atoms with E-state index in [-0.39, 0.29) is 49.2 Å². The number of hydrogen-bond donors (Lipinski definition) is 1. The van der Waals surface area contributed by atoms with E-state index in [4.69, 9.17) is 5.73 Å². The van der Waals surface area contributed by atoms with Crippen LogP contribution in [0.1, 0.15) is 19.3 Å². The van der Waals surface area contributed by atoms with E-state index >= 15 is 0 Å². The number of rotatable bonds is 3. The molecule has 4 unspecified atom stereocenters. The van der Waals surface area contributed by atoms with Gasteiger partial charge in [-0.15, -0.1) is 24.8 Å². The zero-order chi connectivity index (χ0) is 14.3. The Labute approximate surface area is 142 Å². The molecule has 22 heavy (non-hydrogen) atoms. The predicted octanol–water partition coefficient (Wildman–Crippen LogP) is 1.61. The van der Waals surface area contributed by atoms with Crippen molar-refractivity contribution in [3.63, 3.8) is 0 Å². The normalized spacial score (nSPS) is 34.5. The second-order valence-electron chi connectivity index (χ2n) is 6.45. The van der Waals surface area contributed by atoms with Gasteiger partial charge in [-0.3, -0.25) is 9.69 Å². The molecule has 0 radical (unpaired) electrons. The third-order valence-electron chi connectivity index (χ3n) is 5.35. The number of hydrogen-bond acceptors (Lipinski definition) is 3. The Morgan fingerprint density at radius 3 is 2.18 bits per heavy atom. The Hall–Kier alpha value is -0.170. The van der Waals surface area contributed by atoms with E-state index in [1.54, 1.807) is 4.90 Å². The van der Waals surface area contributed by atoms with E-state index in [2.05, 4.69) is 0 Å². The number of nitrogens with zero attached hydrogens (tertiary/aromatic N) is 2. The van der Waals surface area contributed by atoms with Crippen molar-refractivity contribution in [3.8, 4) is 0 Å². The quantitative estimate of drug-likeness (QED) is 0.832. The van der Waals surface area contributed by atoms with E-state index in [1.165, 1.54) is 0 Å². The molecule has 0 aromatic carbocycles. The lowest BCUT2D eigenvalue weighted by Gasteiger charge is -2.38. The van der Waals surface area contributed by atoms with Crippen molar-refractivity contribution in [1.29, 1.82) is 0 Å². The minimum absolute atomic E-state index is 0. The smallest absolute Gasteiger partial charge is 0.251 e. The van der Waals surface area contributed by atoms with Crippen LogP contribution in [0.4, 0.5) is 8.78 Å². The molecule has 2 saturated carbocycles. The largest absolute Gasteiger partial charge is 0.340 e. The molecular formula is C14H25Cl2F2N3O. The molecule has 4 nitrogen and oxygen atoms in total. The molecule has 1 amide bonds. The summed E-state index contributed by atoms with van der Waals surface area (Å²) in [5, 5.41) is 0. The molecule has 3 rings (SSSR count). The Morgan fingerprint density at radius 1 is 1.09 bits per heavy atom. The summed E-state index contributed by atoms with van der Waals surface area (Å²) < 4.78 is 24.7. The molecule has 1 aliphatic heterocycles. The second kappa shape index (κ2) is 8.08. The van der Waals surface area contributed by atoms with Gasteiger partial charge in [-0.2, -0.15) is 0 Å². The number of nitrogens with two attached hydrogens (primary N) is 1. The van der Waals surface area contributed by atoms with Crippen LogP contribution in [0.15, 0.2) is 0 Å². The molecule has 2 N–H and O–H groups in total. The summed E-state index contributed by atoms with van der Waals surface area (Å²) >= 11 is 0. The zero-order valence-corrected chi connectivity index (χ0v) is 14.1. The fourth-order valence-corrected chi connectivity index (χ4v) is 4.26. The van der Waals surface area contributed by atoms with Crippen molar-refractivity contribution < 1.29 is 13.6 Å². The summed E-state index contributed by atoms with van der Waals surface area (Å²) in [6, 6.07) is 0.0142. The molecule has 130 valence electrons. The molecular weight excluding hydrogens is 335 g/mol. The Balaban J connectivity index is 0.00000121. The molecule has 2 aliphatic carbocycles. The van der Waals surface area contributed by atoms with Gasteiger partial charge >= 0.3 is 0 Å². The SMILES string of the molecule is Cl.Cl.NC1C2CCC(C2)C1C(=O)N1CCN(CC(F)F)CC1. The number of carbonyl (C=O) groups is 1. The van der Waals surface area contributed by atoms with Gasteiger partial charge in [0.2, 0.25) is 5.91 Å². The maximum atomic E-state index is 12.6. The molecule has 0 spiro atoms. The fourth-order valence-electron chi connectivity index (χ4n) is 4.26. The van der Waals surface area contributed by atoms with Crippen LogP contribution >= 0.6 is 24.8 Å². The number of piperazine rings is 1. The van der Waals surface area contributed by atoms with Crippen molar-refractivity contribution in [2.24, 2.45) is 23.5 Å². The first-order valence-corrected chi connectivity index (χ1v) is 7.61. The van der Waals surface area contributed by atoms with Crippen LogP contribution in [0, 0.1) is 17.8 Å². The molecule has 1 heterocycles. The van der Waals surface area contributed by atoms with Gasteiger partial charge in [-0.1, -0.05) is 0 Å². The highest BCUT2D eigenvalue weighted by Gasteiger charge is 2.50. The van der Waals surface area contributed by atoms with Gasteiger partial charge in [-0.05, 0) is 31.1 Å². The summed E-state index contributed by atoms with van der Waals surface area (Å²) in [6.07, 6.45) is 1.09. The van der Waals surface area contributed by atoms with Gasteiger partial charge in [-0.25, -0.2) is 8.78 Å². The molecule has 8 heteroatoms. The van der Waals surface area contributed by atoms with E-state index < -0.39 is 6.43 Å². The van der Waals surface area contributed by atoms with Crippen LogP contribution in [-0.2, 0) is 4.79 Å². The van der Waals surface area contributed by atoms with Gasteiger partial charge in [0.05, 0.1) is 12.5 Å². The lowest BCUT2D eigenvalue weighted by Crippen LogP contribution is -2.54. The molecule has 0 aromatic heterocycles. The third kappa shape index (κ3) is 3.83. The van der Waals surface area contributed by atoms with E-state index in [1.807, 2.05) is 4.90 Å². The third-order valence-corrected chi connectivity index (χ3v) is 5.35. The van der Waals surface area contributed by atoms with Crippen LogP contribution in [0.25, 0.3) is 0 Å². The van der Waals surface area contributed by atoms with E-state index in [0.29, 0.717) is 38.0 Å². The minimum Gasteiger partial charge on any atom is -0.340 e. The predicted molar refractivity (Wildman–Crippen MR) is 85.8 cm³/mol. The average molecular weight is 360 g/mol. The van der Waals surface area contributed by atoms with Crippen molar-refractivity contribution in [2.45, 2.75) is 31.7 Å². The van der Waals surface area contributed by atoms with Crippen LogP contribution < -0.4 is 5.73 Å². The van der Waals surface area contributed by atoms with Crippen molar-refractivity contribution in [3.05, 3.63) is 0 Å². The number of amides is 1. The van der Waals surface area contributed by atoms with Crippen molar-refractivity contribution in [1.82, 2.24) is 9.80 Å². The van der Waals surface area contributed by atoms with Crippen LogP contribution in [0.3, 0.4) is 0 Å². The number of halogens is 4. The summed E-state index contributed by atoms with van der Waals surface area (Å²) in [7, 11) is 0. The highest BCUT2D eigenvalue weighted by molar-refractivity contribution is 5.85. The monoisotopic (exact) mass is 359 g/mol. The number of fused-ring (bicyclic) bond motifs is 2. The maximum absolute atomic E-state index is 12.6. The summed E-state index contributed by atoms with van der Waals surface area (Å²) in [6.45, 7) is 2.03. The van der Waals surface area contributed by atoms with Crippen LogP contribution in [0.2, 0.25) is 0 Å². The maximum Gasteiger partial charge on any atom is 0.251 e. The number of carbonyl (C=O) groups excluding carboxylic acids is 1. The minimum atomic E-state index is -2.30. The van der Waals surface area contributed by atoms with E-state index in [0.717, 1.165) is 19.3 Å². The Kier molecular flexibility index (Phi) is 7.30. The van der Waals surface area contributed by atoms with Gasteiger partial charge in [0.1, 0.15) is 0 Å². The Morgan fingerprint density at radius 2 is 1.68 bits per heavy atom. The number of alkyl halides is 2. The molecule has 3 aliphatic rings. The lowest BCUT2D eigenvalue weighted by atomic mass is 9.84. The standard InChI is InChI=1S/C14H23F2N3O.2ClH/c15-11(16)8-18-3-5-19(6-4-18)14(20)12-9-1-2-10(7-9)13(12)17;;/h9-13H,1-8,17H2;2*1H. The average Bonchev–Trinajstić information content (AvgIpc) is 2.99. The summed E-state index contributed by atoms with van der Waals surface area (Å²) in [5.41, 5.74) is 6.21. The Bertz CT molecular complexity index is 379. The van der Waals surface area contributed by atoms with Crippen LogP contribution in [-0.4, -0.2) is 60.9 Å². The fraction of sp³-hybridized carbons (Fsp3) is 0.929. The molecule has 0 aromatic rings. The summed E-state index contributed by atoms with van der Waals surface area (Å²) in [5.74, 6) is 1.13. The van der Waals surface area contributed by atoms with Gasteiger partial charge in [0.15, 0.2) is 0 Å². The van der Waals surface area contributed by atoms with Gasteiger partial charge < -0.3 is 10.6 Å². The first kappa shape index (κ1) is 19.9. The van der Waals surface area contributed by atoms with Crippen molar-refractivity contribution >= 4 is 30.7 Å². The molecule has 4 atom stereocenters. The zero-order valence-electron chi connectivity index (χ0n) is 12.5.